The highest BCUT2D eigenvalue weighted by Gasteiger charge is 2.41. The van der Waals surface area contributed by atoms with Gasteiger partial charge < -0.3 is 4.48 Å². The predicted molar refractivity (Wildman–Crippen MR) is 264 cm³/mol. The first-order valence-corrected chi connectivity index (χ1v) is 25.7. The van der Waals surface area contributed by atoms with Crippen molar-refractivity contribution in [3.8, 4) is 22.5 Å². The second kappa shape index (κ2) is 20.8. The molecule has 0 N–H and O–H groups in total. The molecule has 0 saturated heterocycles. The fourth-order valence-electron chi connectivity index (χ4n) is 12.1. The Morgan fingerprint density at radius 3 is 1.06 bits per heavy atom. The molecule has 69 heavy (non-hydrogen) atoms. The molecule has 0 amide bonds. The van der Waals surface area contributed by atoms with Crippen molar-refractivity contribution in [2.45, 2.75) is 155 Å². The summed E-state index contributed by atoms with van der Waals surface area (Å²) < 4.78 is 92.8. The van der Waals surface area contributed by atoms with Crippen molar-refractivity contribution in [3.05, 3.63) is 165 Å². The zero-order chi connectivity index (χ0) is 47.5. The van der Waals surface area contributed by atoms with Crippen molar-refractivity contribution in [1.82, 2.24) is 9.97 Å². The highest BCUT2D eigenvalue weighted by Crippen LogP contribution is 2.45. The van der Waals surface area contributed by atoms with E-state index in [1.165, 1.54) is 45.5 Å². The molecule has 2 aliphatic carbocycles. The van der Waals surface area contributed by atoms with Crippen LogP contribution >= 0.6 is 0 Å². The van der Waals surface area contributed by atoms with Crippen LogP contribution in [0.1, 0.15) is 148 Å². The Hall–Kier alpha value is -5.54. The minimum absolute atomic E-state index is 0.259. The first kappa shape index (κ1) is 47.2. The molecule has 5 heterocycles. The third-order valence-electron chi connectivity index (χ3n) is 15.4. The number of rotatable bonds is 6. The van der Waals surface area contributed by atoms with Gasteiger partial charge in [0.1, 0.15) is 61.1 Å². The molecule has 358 valence electrons. The predicted octanol–water partition coefficient (Wildman–Crippen LogP) is 16.6. The van der Waals surface area contributed by atoms with E-state index in [1.54, 1.807) is 0 Å². The number of halogens is 6. The second-order valence-corrected chi connectivity index (χ2v) is 20.4. The van der Waals surface area contributed by atoms with Gasteiger partial charge in [0.2, 0.25) is 0 Å². The van der Waals surface area contributed by atoms with Gasteiger partial charge in [-0.3, -0.25) is 9.97 Å². The number of aryl methyl sites for hydroxylation is 4. The maximum Gasteiger partial charge on any atom is 0.138 e. The molecule has 0 spiro atoms. The molecule has 2 aromatic heterocycles. The number of aromatic nitrogens is 2. The van der Waals surface area contributed by atoms with Crippen LogP contribution in [0.25, 0.3) is 44.1 Å². The van der Waals surface area contributed by atoms with Crippen molar-refractivity contribution in [3.63, 3.8) is 0 Å². The third kappa shape index (κ3) is 10.1. The number of hydrogen-bond donors (Lipinski definition) is 0. The van der Waals surface area contributed by atoms with E-state index in [2.05, 4.69) is 60.7 Å². The summed E-state index contributed by atoms with van der Waals surface area (Å²) in [6, 6.07) is 24.6. The summed E-state index contributed by atoms with van der Waals surface area (Å²) in [5.74, 6) is -5.74. The van der Waals surface area contributed by atoms with Gasteiger partial charge in [0, 0.05) is 57.9 Å². The average molecular weight is 939 g/mol. The van der Waals surface area contributed by atoms with Crippen molar-refractivity contribution in [2.24, 2.45) is 0 Å². The first-order chi connectivity index (χ1) is 33.6. The lowest BCUT2D eigenvalue weighted by atomic mass is 9.93. The standard InChI is InChI=1S/C60H62F6N3/c61-43-31-51(63)57(52(64)32-43)59-39-21-13-9-5-1-3-7-11-15-27-55(67-59)41(29-39)35-69(37-49-47-25-19-17-23-45(47)46-24-18-20-26-48(46)50(49)38-69)36-42-30-40-22-14-10-6-2-4-8-12-16-28-56(42)68-60(40)58-53(65)33-44(62)34-54(58)66/h17-20,23-26,29-34H,1-16,21-22,27-28,35-38H2/q+1. The Bertz CT molecular complexity index is 2770. The number of nitrogens with zero attached hydrogens (tertiary/aromatic N) is 3. The van der Waals surface area contributed by atoms with Crippen LogP contribution in [0.4, 0.5) is 26.3 Å². The van der Waals surface area contributed by atoms with Gasteiger partial charge >= 0.3 is 0 Å². The molecule has 5 aliphatic rings. The van der Waals surface area contributed by atoms with Crippen LogP contribution in [0.3, 0.4) is 0 Å². The molecule has 0 atom stereocenters. The van der Waals surface area contributed by atoms with Crippen molar-refractivity contribution >= 4 is 21.5 Å². The van der Waals surface area contributed by atoms with Gasteiger partial charge in [-0.05, 0) is 96.2 Å². The molecule has 0 unspecified atom stereocenters. The molecule has 0 saturated carbocycles. The van der Waals surface area contributed by atoms with Gasteiger partial charge in [-0.25, -0.2) is 26.3 Å². The molecular weight excluding hydrogens is 877 g/mol. The van der Waals surface area contributed by atoms with Crippen LogP contribution in [0.2, 0.25) is 0 Å². The Morgan fingerprint density at radius 2 is 0.696 bits per heavy atom. The number of hydrogen-bond acceptors (Lipinski definition) is 2. The SMILES string of the molecule is Fc1cc(F)c(-c2nc3c(C[N+]4(Cc5cc6c(-c7c(F)cc(F)cc7F)nc5CCCCCCCCCC6)Cc5c(c6ccccc6c6ccccc56)C4)cc2CCCCCCCCCC3)c(F)c1. The molecule has 12 rings (SSSR count). The number of quaternary nitrogens is 1. The molecule has 3 nitrogen and oxygen atoms in total. The van der Waals surface area contributed by atoms with Gasteiger partial charge in [-0.15, -0.1) is 0 Å². The summed E-state index contributed by atoms with van der Waals surface area (Å²) in [5, 5.41) is 4.82. The van der Waals surface area contributed by atoms with Gasteiger partial charge in [0.05, 0.1) is 22.5 Å². The first-order valence-electron chi connectivity index (χ1n) is 25.7. The summed E-state index contributed by atoms with van der Waals surface area (Å²) in [4.78, 5) is 10.5. The van der Waals surface area contributed by atoms with E-state index in [-0.39, 0.29) is 22.5 Å². The summed E-state index contributed by atoms with van der Waals surface area (Å²) >= 11 is 0. The van der Waals surface area contributed by atoms with Gasteiger partial charge in [-0.1, -0.05) is 126 Å². The lowest BCUT2D eigenvalue weighted by Crippen LogP contribution is -2.42. The van der Waals surface area contributed by atoms with E-state index >= 15 is 17.6 Å². The summed E-state index contributed by atoms with van der Waals surface area (Å²) in [6.07, 6.45) is 18.9. The minimum Gasteiger partial charge on any atom is -0.308 e. The quantitative estimate of drug-likeness (QED) is 0.0943. The molecule has 7 aromatic rings. The third-order valence-corrected chi connectivity index (χ3v) is 15.4. The Labute approximate surface area is 402 Å². The van der Waals surface area contributed by atoms with E-state index in [1.807, 2.05) is 0 Å². The maximum absolute atomic E-state index is 15.8. The fraction of sp³-hybridized carbons (Fsp3) is 0.400. The minimum atomic E-state index is -0.962. The Kier molecular flexibility index (Phi) is 14.2. The van der Waals surface area contributed by atoms with Gasteiger partial charge in [0.15, 0.2) is 0 Å². The van der Waals surface area contributed by atoms with Crippen LogP contribution in [0.5, 0.6) is 0 Å². The molecule has 0 radical (unpaired) electrons. The maximum atomic E-state index is 15.8. The fourth-order valence-corrected chi connectivity index (χ4v) is 12.1. The van der Waals surface area contributed by atoms with Crippen LogP contribution in [0.15, 0.2) is 84.9 Å². The smallest absolute Gasteiger partial charge is 0.138 e. The van der Waals surface area contributed by atoms with Crippen molar-refractivity contribution < 1.29 is 30.8 Å². The summed E-state index contributed by atoms with van der Waals surface area (Å²) in [6.45, 7) is 2.52. The average Bonchev–Trinajstić information content (AvgIpc) is 3.70. The highest BCUT2D eigenvalue weighted by atomic mass is 19.2. The number of pyridine rings is 2. The Balaban J connectivity index is 1.17. The second-order valence-electron chi connectivity index (χ2n) is 20.4. The van der Waals surface area contributed by atoms with E-state index in [9.17, 15) is 8.78 Å². The van der Waals surface area contributed by atoms with Crippen LogP contribution in [-0.2, 0) is 51.9 Å². The van der Waals surface area contributed by atoms with Gasteiger partial charge in [0.25, 0.3) is 0 Å². The summed E-state index contributed by atoms with van der Waals surface area (Å²) in [7, 11) is 0. The van der Waals surface area contributed by atoms with E-state index in [4.69, 9.17) is 9.97 Å². The normalized spacial score (nSPS) is 17.2. The highest BCUT2D eigenvalue weighted by molar-refractivity contribution is 6.10. The molecule has 3 aliphatic heterocycles. The number of benzene rings is 5. The van der Waals surface area contributed by atoms with Crippen LogP contribution in [0, 0.1) is 34.9 Å². The molecule has 0 fully saturated rings. The topological polar surface area (TPSA) is 25.8 Å². The molecular formula is C60H62F6N3+. The zero-order valence-corrected chi connectivity index (χ0v) is 39.7. The largest absolute Gasteiger partial charge is 0.308 e. The summed E-state index contributed by atoms with van der Waals surface area (Å²) in [5.41, 5.74) is 7.76. The van der Waals surface area contributed by atoms with Crippen LogP contribution in [-0.4, -0.2) is 14.5 Å². The van der Waals surface area contributed by atoms with Crippen molar-refractivity contribution in [2.75, 3.05) is 0 Å². The van der Waals surface area contributed by atoms with E-state index < -0.39 is 34.9 Å². The van der Waals surface area contributed by atoms with E-state index in [0.29, 0.717) is 56.3 Å². The molecule has 5 aromatic carbocycles. The van der Waals surface area contributed by atoms with Crippen molar-refractivity contribution in [1.29, 1.82) is 0 Å². The van der Waals surface area contributed by atoms with Crippen LogP contribution < -0.4 is 0 Å². The molecule has 9 heteroatoms. The lowest BCUT2D eigenvalue weighted by molar-refractivity contribution is -0.972. The van der Waals surface area contributed by atoms with Gasteiger partial charge in [-0.2, -0.15) is 0 Å². The van der Waals surface area contributed by atoms with E-state index in [0.717, 1.165) is 148 Å². The zero-order valence-electron chi connectivity index (χ0n) is 39.7. The molecule has 4 bridgehead atoms. The number of fused-ring (bicyclic) bond motifs is 28. The lowest BCUT2D eigenvalue weighted by Gasteiger charge is -2.36. The monoisotopic (exact) mass is 938 g/mol. The Morgan fingerprint density at radius 1 is 0.377 bits per heavy atom.